The minimum atomic E-state index is -0.555. The van der Waals surface area contributed by atoms with Gasteiger partial charge in [-0.05, 0) is 59.4 Å². The molecule has 10 nitrogen and oxygen atoms in total. The van der Waals surface area contributed by atoms with Crippen LogP contribution >= 0.6 is 0 Å². The second-order valence-electron chi connectivity index (χ2n) is 7.14. The number of esters is 2. The van der Waals surface area contributed by atoms with Crippen LogP contribution in [0.5, 0.6) is 11.5 Å². The number of hydrogen-bond donors (Lipinski definition) is 4. The van der Waals surface area contributed by atoms with Gasteiger partial charge in [0, 0.05) is 0 Å². The van der Waals surface area contributed by atoms with E-state index in [0.717, 1.165) is 35.1 Å². The van der Waals surface area contributed by atoms with E-state index in [2.05, 4.69) is 23.8 Å². The number of nitrogens with zero attached hydrogens (tertiary/aromatic N) is 2. The van der Waals surface area contributed by atoms with E-state index >= 15 is 0 Å². The third-order valence-corrected chi connectivity index (χ3v) is 4.72. The van der Waals surface area contributed by atoms with E-state index < -0.39 is 11.9 Å². The summed E-state index contributed by atoms with van der Waals surface area (Å²) >= 11 is 0. The molecule has 180 valence electrons. The fourth-order valence-corrected chi connectivity index (χ4v) is 3.27. The Morgan fingerprint density at radius 3 is 1.24 bits per heavy atom. The molecule has 0 aliphatic carbocycles. The van der Waals surface area contributed by atoms with Gasteiger partial charge < -0.3 is 32.4 Å². The third-order valence-electron chi connectivity index (χ3n) is 4.72. The van der Waals surface area contributed by atoms with E-state index in [1.165, 1.54) is 0 Å². The minimum absolute atomic E-state index is 0.172. The number of benzene rings is 2. The lowest BCUT2D eigenvalue weighted by atomic mass is 9.91. The fraction of sp³-hybridized carbons (Fsp3) is 0.250. The van der Waals surface area contributed by atoms with Gasteiger partial charge in [0.1, 0.15) is 24.6 Å². The van der Waals surface area contributed by atoms with Gasteiger partial charge in [-0.1, -0.05) is 38.1 Å². The first-order valence-electron chi connectivity index (χ1n) is 10.7. The number of guanidine groups is 2. The zero-order valence-corrected chi connectivity index (χ0v) is 19.3. The van der Waals surface area contributed by atoms with Crippen LogP contribution < -0.4 is 32.4 Å². The molecule has 2 rings (SSSR count). The van der Waals surface area contributed by atoms with E-state index in [-0.39, 0.29) is 25.0 Å². The van der Waals surface area contributed by atoms with Crippen molar-refractivity contribution in [3.05, 3.63) is 59.7 Å². The Kier molecular flexibility index (Phi) is 9.63. The summed E-state index contributed by atoms with van der Waals surface area (Å²) in [5.74, 6) is -0.648. The van der Waals surface area contributed by atoms with Crippen molar-refractivity contribution >= 4 is 35.0 Å². The fourth-order valence-electron chi connectivity index (χ4n) is 3.27. The molecule has 0 saturated carbocycles. The molecule has 0 radical (unpaired) electrons. The summed E-state index contributed by atoms with van der Waals surface area (Å²) in [5.41, 5.74) is 25.2. The van der Waals surface area contributed by atoms with E-state index in [1.807, 2.05) is 24.3 Å². The summed E-state index contributed by atoms with van der Waals surface area (Å²) < 4.78 is 10.5. The summed E-state index contributed by atoms with van der Waals surface area (Å²) in [5, 5.41) is 0. The molecular formula is C24H30N6O4. The highest BCUT2D eigenvalue weighted by atomic mass is 16.5. The Morgan fingerprint density at radius 1 is 0.647 bits per heavy atom. The maximum Gasteiger partial charge on any atom is 0.333 e. The number of carbonyl (C=O) groups excluding carboxylic acids is 2. The zero-order valence-electron chi connectivity index (χ0n) is 19.3. The second-order valence-corrected chi connectivity index (χ2v) is 7.14. The predicted molar refractivity (Wildman–Crippen MR) is 133 cm³/mol. The lowest BCUT2D eigenvalue weighted by molar-refractivity contribution is -0.133. The zero-order chi connectivity index (χ0) is 25.1. The standard InChI is InChI=1S/C24H30N6O4/c1-3-19(15-5-9-17(10-6-15)33-21(31)13-29-23(25)26)20(4-2)16-7-11-18(12-8-16)34-22(32)14-30-24(27)28/h5-12H,3-4,13-14H2,1-2H3,(H4,25,26,29)(H4,27,28,30). The Balaban J connectivity index is 2.19. The monoisotopic (exact) mass is 466 g/mol. The number of aliphatic imine (C=N–C) groups is 2. The normalized spacial score (nSPS) is 11.1. The molecule has 0 bridgehead atoms. The molecule has 34 heavy (non-hydrogen) atoms. The van der Waals surface area contributed by atoms with Gasteiger partial charge in [-0.25, -0.2) is 19.6 Å². The van der Waals surface area contributed by atoms with Crippen molar-refractivity contribution < 1.29 is 19.1 Å². The lowest BCUT2D eigenvalue weighted by Crippen LogP contribution is -2.25. The quantitative estimate of drug-likeness (QED) is 0.134. The average Bonchev–Trinajstić information content (AvgIpc) is 2.81. The van der Waals surface area contributed by atoms with Crippen LogP contribution in [0.4, 0.5) is 0 Å². The molecule has 2 aromatic rings. The smallest absolute Gasteiger partial charge is 0.333 e. The molecule has 0 spiro atoms. The molecule has 0 aromatic heterocycles. The summed E-state index contributed by atoms with van der Waals surface area (Å²) in [6, 6.07) is 14.5. The van der Waals surface area contributed by atoms with Gasteiger partial charge in [0.05, 0.1) is 0 Å². The van der Waals surface area contributed by atoms with Crippen LogP contribution in [0.15, 0.2) is 58.5 Å². The summed E-state index contributed by atoms with van der Waals surface area (Å²) in [6.45, 7) is 3.66. The molecule has 10 heteroatoms. The summed E-state index contributed by atoms with van der Waals surface area (Å²) in [7, 11) is 0. The number of rotatable bonds is 10. The molecule has 8 N–H and O–H groups in total. The predicted octanol–water partition coefficient (Wildman–Crippen LogP) is 1.78. The molecular weight excluding hydrogens is 436 g/mol. The van der Waals surface area contributed by atoms with Gasteiger partial charge in [-0.3, -0.25) is 0 Å². The molecule has 0 saturated heterocycles. The van der Waals surface area contributed by atoms with Gasteiger partial charge in [0.2, 0.25) is 0 Å². The Bertz CT molecular complexity index is 994. The van der Waals surface area contributed by atoms with Crippen molar-refractivity contribution in [3.8, 4) is 11.5 Å². The van der Waals surface area contributed by atoms with Gasteiger partial charge >= 0.3 is 11.9 Å². The van der Waals surface area contributed by atoms with Crippen LogP contribution in [0.25, 0.3) is 11.1 Å². The van der Waals surface area contributed by atoms with E-state index in [4.69, 9.17) is 32.4 Å². The van der Waals surface area contributed by atoms with Crippen LogP contribution in [0, 0.1) is 0 Å². The Hall–Kier alpha value is -4.34. The highest BCUT2D eigenvalue weighted by Crippen LogP contribution is 2.33. The van der Waals surface area contributed by atoms with Crippen molar-refractivity contribution in [2.75, 3.05) is 13.1 Å². The van der Waals surface area contributed by atoms with E-state index in [0.29, 0.717) is 11.5 Å². The van der Waals surface area contributed by atoms with Crippen molar-refractivity contribution in [1.82, 2.24) is 0 Å². The van der Waals surface area contributed by atoms with Gasteiger partial charge in [0.25, 0.3) is 0 Å². The highest BCUT2D eigenvalue weighted by molar-refractivity contribution is 5.91. The first-order valence-corrected chi connectivity index (χ1v) is 10.7. The number of allylic oxidation sites excluding steroid dienone is 2. The first kappa shape index (κ1) is 25.9. The maximum atomic E-state index is 11.8. The molecule has 0 fully saturated rings. The van der Waals surface area contributed by atoms with Crippen molar-refractivity contribution in [2.24, 2.45) is 32.9 Å². The molecule has 0 amide bonds. The van der Waals surface area contributed by atoms with Crippen LogP contribution in [0.3, 0.4) is 0 Å². The SMILES string of the molecule is CCC(=C(CC)c1ccc(OC(=O)CN=C(N)N)cc1)c1ccc(OC(=O)CN=C(N)N)cc1. The van der Waals surface area contributed by atoms with Gasteiger partial charge in [0.15, 0.2) is 11.9 Å². The first-order chi connectivity index (χ1) is 16.2. The third kappa shape index (κ3) is 7.97. The van der Waals surface area contributed by atoms with E-state index in [9.17, 15) is 9.59 Å². The molecule has 0 atom stereocenters. The van der Waals surface area contributed by atoms with Crippen molar-refractivity contribution in [1.29, 1.82) is 0 Å². The van der Waals surface area contributed by atoms with Gasteiger partial charge in [-0.2, -0.15) is 0 Å². The number of hydrogen-bond acceptors (Lipinski definition) is 6. The van der Waals surface area contributed by atoms with Crippen LogP contribution in [0.2, 0.25) is 0 Å². The summed E-state index contributed by atoms with van der Waals surface area (Å²) in [4.78, 5) is 30.9. The van der Waals surface area contributed by atoms with Crippen molar-refractivity contribution in [2.45, 2.75) is 26.7 Å². The number of carbonyl (C=O) groups is 2. The van der Waals surface area contributed by atoms with E-state index in [1.54, 1.807) is 24.3 Å². The Labute approximate surface area is 198 Å². The van der Waals surface area contributed by atoms with Crippen LogP contribution in [-0.4, -0.2) is 36.9 Å². The molecule has 0 unspecified atom stereocenters. The largest absolute Gasteiger partial charge is 0.425 e. The van der Waals surface area contributed by atoms with Crippen LogP contribution in [0.1, 0.15) is 37.8 Å². The second kappa shape index (κ2) is 12.6. The molecule has 2 aromatic carbocycles. The average molecular weight is 467 g/mol. The molecule has 0 aliphatic rings. The molecule has 0 aliphatic heterocycles. The van der Waals surface area contributed by atoms with Crippen molar-refractivity contribution in [3.63, 3.8) is 0 Å². The highest BCUT2D eigenvalue weighted by Gasteiger charge is 2.11. The lowest BCUT2D eigenvalue weighted by Gasteiger charge is -2.15. The molecule has 0 heterocycles. The number of nitrogens with two attached hydrogens (primary N) is 4. The maximum absolute atomic E-state index is 11.8. The topological polar surface area (TPSA) is 181 Å². The van der Waals surface area contributed by atoms with Crippen LogP contribution in [-0.2, 0) is 9.59 Å². The number of ether oxygens (including phenoxy) is 2. The Morgan fingerprint density at radius 2 is 0.971 bits per heavy atom. The summed E-state index contributed by atoms with van der Waals surface area (Å²) in [6.07, 6.45) is 1.59. The minimum Gasteiger partial charge on any atom is -0.425 e. The van der Waals surface area contributed by atoms with Gasteiger partial charge in [-0.15, -0.1) is 0 Å².